The summed E-state index contributed by atoms with van der Waals surface area (Å²) in [5, 5.41) is 4.36. The standard InChI is InChI=1S/C16H26ClN/c1-4-5-6-7-8-11-14(3)18-16-13(2)10-9-12-15(16)17/h9-10,12,14,18H,4-8,11H2,1-3H3. The van der Waals surface area contributed by atoms with Gasteiger partial charge in [0, 0.05) is 6.04 Å². The maximum Gasteiger partial charge on any atom is 0.0640 e. The van der Waals surface area contributed by atoms with E-state index in [9.17, 15) is 0 Å². The van der Waals surface area contributed by atoms with Crippen LogP contribution in [0.4, 0.5) is 5.69 Å². The van der Waals surface area contributed by atoms with Crippen LogP contribution in [0.2, 0.25) is 5.02 Å². The zero-order chi connectivity index (χ0) is 13.4. The van der Waals surface area contributed by atoms with Crippen molar-refractivity contribution in [3.8, 4) is 0 Å². The van der Waals surface area contributed by atoms with Gasteiger partial charge in [0.2, 0.25) is 0 Å². The number of halogens is 1. The fraction of sp³-hybridized carbons (Fsp3) is 0.625. The highest BCUT2D eigenvalue weighted by Crippen LogP contribution is 2.26. The van der Waals surface area contributed by atoms with Crippen LogP contribution in [-0.4, -0.2) is 6.04 Å². The Kier molecular flexibility index (Phi) is 7.19. The molecule has 0 amide bonds. The van der Waals surface area contributed by atoms with Crippen molar-refractivity contribution in [2.24, 2.45) is 0 Å². The number of hydrogen-bond donors (Lipinski definition) is 1. The van der Waals surface area contributed by atoms with Gasteiger partial charge in [-0.1, -0.05) is 62.8 Å². The maximum absolute atomic E-state index is 6.21. The Morgan fingerprint density at radius 1 is 1.17 bits per heavy atom. The zero-order valence-electron chi connectivity index (χ0n) is 11.9. The molecule has 0 aromatic heterocycles. The van der Waals surface area contributed by atoms with E-state index >= 15 is 0 Å². The Labute approximate surface area is 117 Å². The van der Waals surface area contributed by atoms with E-state index in [1.54, 1.807) is 0 Å². The number of rotatable bonds is 8. The molecule has 0 aliphatic carbocycles. The van der Waals surface area contributed by atoms with Crippen molar-refractivity contribution in [1.29, 1.82) is 0 Å². The molecule has 18 heavy (non-hydrogen) atoms. The van der Waals surface area contributed by atoms with Gasteiger partial charge in [-0.2, -0.15) is 0 Å². The minimum absolute atomic E-state index is 0.491. The molecule has 0 saturated carbocycles. The van der Waals surface area contributed by atoms with Crippen LogP contribution in [0.3, 0.4) is 0 Å². The first-order valence-corrected chi connectivity index (χ1v) is 7.54. The SMILES string of the molecule is CCCCCCCC(C)Nc1c(C)cccc1Cl. The van der Waals surface area contributed by atoms with Gasteiger partial charge in [-0.05, 0) is 31.9 Å². The lowest BCUT2D eigenvalue weighted by molar-refractivity contribution is 0.578. The fourth-order valence-electron chi connectivity index (χ4n) is 2.19. The third-order valence-electron chi connectivity index (χ3n) is 3.35. The minimum atomic E-state index is 0.491. The first-order chi connectivity index (χ1) is 8.65. The van der Waals surface area contributed by atoms with E-state index in [4.69, 9.17) is 11.6 Å². The second kappa shape index (κ2) is 8.42. The summed E-state index contributed by atoms with van der Waals surface area (Å²) < 4.78 is 0. The summed E-state index contributed by atoms with van der Waals surface area (Å²) in [5.74, 6) is 0. The molecule has 0 aliphatic heterocycles. The van der Waals surface area contributed by atoms with Crippen LogP contribution >= 0.6 is 11.6 Å². The first-order valence-electron chi connectivity index (χ1n) is 7.16. The van der Waals surface area contributed by atoms with Gasteiger partial charge in [0.1, 0.15) is 0 Å². The van der Waals surface area contributed by atoms with Crippen LogP contribution in [-0.2, 0) is 0 Å². The molecule has 0 saturated heterocycles. The van der Waals surface area contributed by atoms with E-state index in [1.807, 2.05) is 12.1 Å². The number of benzene rings is 1. The molecule has 1 aromatic rings. The van der Waals surface area contributed by atoms with Crippen molar-refractivity contribution in [3.05, 3.63) is 28.8 Å². The Morgan fingerprint density at radius 3 is 2.56 bits per heavy atom. The van der Waals surface area contributed by atoms with Crippen LogP contribution in [0.15, 0.2) is 18.2 Å². The summed E-state index contributed by atoms with van der Waals surface area (Å²) in [5.41, 5.74) is 2.32. The minimum Gasteiger partial charge on any atom is -0.381 e. The van der Waals surface area contributed by atoms with Crippen LogP contribution in [0.5, 0.6) is 0 Å². The number of unbranched alkanes of at least 4 members (excludes halogenated alkanes) is 4. The quantitative estimate of drug-likeness (QED) is 0.586. The molecule has 0 spiro atoms. The second-order valence-electron chi connectivity index (χ2n) is 5.18. The second-order valence-corrected chi connectivity index (χ2v) is 5.59. The van der Waals surface area contributed by atoms with E-state index in [0.717, 1.165) is 10.7 Å². The number of hydrogen-bond acceptors (Lipinski definition) is 1. The van der Waals surface area contributed by atoms with Crippen LogP contribution in [0.1, 0.15) is 57.9 Å². The molecular weight excluding hydrogens is 242 g/mol. The van der Waals surface area contributed by atoms with Crippen molar-refractivity contribution in [2.45, 2.75) is 65.3 Å². The van der Waals surface area contributed by atoms with E-state index in [0.29, 0.717) is 6.04 Å². The third kappa shape index (κ3) is 5.30. The molecule has 0 bridgehead atoms. The lowest BCUT2D eigenvalue weighted by atomic mass is 10.1. The van der Waals surface area contributed by atoms with E-state index < -0.39 is 0 Å². The Bertz CT molecular complexity index is 329. The summed E-state index contributed by atoms with van der Waals surface area (Å²) in [6.45, 7) is 6.59. The number of anilines is 1. The van der Waals surface area contributed by atoms with Gasteiger partial charge >= 0.3 is 0 Å². The Balaban J connectivity index is 2.33. The molecule has 1 unspecified atom stereocenters. The summed E-state index contributed by atoms with van der Waals surface area (Å²) in [7, 11) is 0. The fourth-order valence-corrected chi connectivity index (χ4v) is 2.46. The van der Waals surface area contributed by atoms with Crippen molar-refractivity contribution >= 4 is 17.3 Å². The monoisotopic (exact) mass is 267 g/mol. The van der Waals surface area contributed by atoms with Gasteiger partial charge in [0.05, 0.1) is 10.7 Å². The van der Waals surface area contributed by atoms with Gasteiger partial charge in [-0.25, -0.2) is 0 Å². The molecule has 1 rings (SSSR count). The number of nitrogens with one attached hydrogen (secondary N) is 1. The van der Waals surface area contributed by atoms with Gasteiger partial charge < -0.3 is 5.32 Å². The van der Waals surface area contributed by atoms with E-state index in [1.165, 1.54) is 44.1 Å². The summed E-state index contributed by atoms with van der Waals surface area (Å²) in [4.78, 5) is 0. The molecule has 0 radical (unpaired) electrons. The predicted octanol–water partition coefficient (Wildman–Crippen LogP) is 5.81. The molecule has 0 aliphatic rings. The highest BCUT2D eigenvalue weighted by molar-refractivity contribution is 6.33. The topological polar surface area (TPSA) is 12.0 Å². The molecule has 1 N–H and O–H groups in total. The normalized spacial score (nSPS) is 12.4. The average Bonchev–Trinajstić information content (AvgIpc) is 2.34. The van der Waals surface area contributed by atoms with Crippen molar-refractivity contribution in [1.82, 2.24) is 0 Å². The molecule has 0 fully saturated rings. The molecule has 1 aromatic carbocycles. The van der Waals surface area contributed by atoms with Crippen molar-refractivity contribution in [3.63, 3.8) is 0 Å². The highest BCUT2D eigenvalue weighted by Gasteiger charge is 2.07. The van der Waals surface area contributed by atoms with Gasteiger partial charge in [-0.15, -0.1) is 0 Å². The molecule has 102 valence electrons. The molecular formula is C16H26ClN. The predicted molar refractivity (Wildman–Crippen MR) is 82.6 cm³/mol. The van der Waals surface area contributed by atoms with E-state index in [2.05, 4.69) is 32.2 Å². The van der Waals surface area contributed by atoms with Gasteiger partial charge in [0.25, 0.3) is 0 Å². The summed E-state index contributed by atoms with van der Waals surface area (Å²) in [6.07, 6.45) is 7.92. The van der Waals surface area contributed by atoms with Gasteiger partial charge in [0.15, 0.2) is 0 Å². The van der Waals surface area contributed by atoms with Crippen LogP contribution in [0, 0.1) is 6.92 Å². The largest absolute Gasteiger partial charge is 0.381 e. The smallest absolute Gasteiger partial charge is 0.0640 e. The number of para-hydroxylation sites is 1. The van der Waals surface area contributed by atoms with Gasteiger partial charge in [-0.3, -0.25) is 0 Å². The average molecular weight is 268 g/mol. The molecule has 1 nitrogen and oxygen atoms in total. The zero-order valence-corrected chi connectivity index (χ0v) is 12.7. The third-order valence-corrected chi connectivity index (χ3v) is 3.67. The molecule has 1 atom stereocenters. The molecule has 0 heterocycles. The van der Waals surface area contributed by atoms with Crippen molar-refractivity contribution < 1.29 is 0 Å². The Morgan fingerprint density at radius 2 is 1.89 bits per heavy atom. The van der Waals surface area contributed by atoms with Crippen LogP contribution in [0.25, 0.3) is 0 Å². The summed E-state index contributed by atoms with van der Waals surface area (Å²) in [6, 6.07) is 6.54. The lowest BCUT2D eigenvalue weighted by Crippen LogP contribution is -2.16. The number of aryl methyl sites for hydroxylation is 1. The van der Waals surface area contributed by atoms with E-state index in [-0.39, 0.29) is 0 Å². The lowest BCUT2D eigenvalue weighted by Gasteiger charge is -2.18. The highest BCUT2D eigenvalue weighted by atomic mass is 35.5. The van der Waals surface area contributed by atoms with Crippen LogP contribution < -0.4 is 5.32 Å². The molecule has 2 heteroatoms. The van der Waals surface area contributed by atoms with Crippen molar-refractivity contribution in [2.75, 3.05) is 5.32 Å². The maximum atomic E-state index is 6.21. The first kappa shape index (κ1) is 15.4. The Hall–Kier alpha value is -0.690. The summed E-state index contributed by atoms with van der Waals surface area (Å²) >= 11 is 6.21.